The predicted octanol–water partition coefficient (Wildman–Crippen LogP) is 4.19. The van der Waals surface area contributed by atoms with E-state index < -0.39 is 6.16 Å². The van der Waals surface area contributed by atoms with Gasteiger partial charge in [0, 0.05) is 16.0 Å². The zero-order valence-corrected chi connectivity index (χ0v) is 12.0. The molecule has 0 aliphatic carbocycles. The first-order valence-corrected chi connectivity index (χ1v) is 6.79. The Labute approximate surface area is 130 Å². The van der Waals surface area contributed by atoms with Crippen molar-refractivity contribution in [3.63, 3.8) is 0 Å². The number of nitrogen functional groups attached to an aromatic ring is 1. The molecule has 110 valence electrons. The van der Waals surface area contributed by atoms with Crippen molar-refractivity contribution >= 4 is 34.3 Å². The second-order valence-corrected chi connectivity index (χ2v) is 5.03. The number of para-hydroxylation sites is 1. The van der Waals surface area contributed by atoms with Gasteiger partial charge in [0.15, 0.2) is 5.75 Å². The van der Waals surface area contributed by atoms with E-state index in [4.69, 9.17) is 27.2 Å². The molecule has 0 atom stereocenters. The fourth-order valence-corrected chi connectivity index (χ4v) is 2.35. The number of carbonyl (C=O) groups is 1. The molecule has 1 heterocycles. The molecule has 3 N–H and O–H groups in total. The minimum atomic E-state index is -1.43. The van der Waals surface area contributed by atoms with Crippen LogP contribution < -0.4 is 10.5 Å². The second-order valence-electron chi connectivity index (χ2n) is 4.60. The number of aromatic nitrogens is 1. The van der Waals surface area contributed by atoms with E-state index in [0.717, 1.165) is 5.56 Å². The number of pyridine rings is 1. The average molecular weight is 315 g/mol. The minimum Gasteiger partial charge on any atom is -0.449 e. The van der Waals surface area contributed by atoms with Crippen LogP contribution in [-0.4, -0.2) is 16.2 Å². The molecule has 2 aromatic carbocycles. The first-order chi connectivity index (χ1) is 10.6. The molecule has 5 nitrogen and oxygen atoms in total. The summed E-state index contributed by atoms with van der Waals surface area (Å²) in [7, 11) is 0. The summed E-state index contributed by atoms with van der Waals surface area (Å²) in [6, 6.07) is 14.0. The Kier molecular flexibility index (Phi) is 3.56. The number of rotatable bonds is 2. The highest BCUT2D eigenvalue weighted by Crippen LogP contribution is 2.38. The van der Waals surface area contributed by atoms with E-state index >= 15 is 0 Å². The topological polar surface area (TPSA) is 85.4 Å². The molecule has 22 heavy (non-hydrogen) atoms. The first-order valence-electron chi connectivity index (χ1n) is 6.41. The van der Waals surface area contributed by atoms with Crippen LogP contribution in [0.3, 0.4) is 0 Å². The Morgan fingerprint density at radius 3 is 2.50 bits per heavy atom. The summed E-state index contributed by atoms with van der Waals surface area (Å²) < 4.78 is 4.87. The molecule has 0 amide bonds. The van der Waals surface area contributed by atoms with Gasteiger partial charge in [-0.3, -0.25) is 0 Å². The third kappa shape index (κ3) is 2.54. The molecule has 0 aliphatic rings. The molecule has 0 saturated heterocycles. The lowest BCUT2D eigenvalue weighted by Gasteiger charge is -2.12. The molecule has 0 fully saturated rings. The van der Waals surface area contributed by atoms with Gasteiger partial charge in [-0.05, 0) is 24.3 Å². The van der Waals surface area contributed by atoms with Crippen LogP contribution in [0.1, 0.15) is 0 Å². The monoisotopic (exact) mass is 314 g/mol. The summed E-state index contributed by atoms with van der Waals surface area (Å²) in [5.41, 5.74) is 8.02. The summed E-state index contributed by atoms with van der Waals surface area (Å²) in [6.07, 6.45) is -1.43. The van der Waals surface area contributed by atoms with Crippen LogP contribution >= 0.6 is 11.6 Å². The third-order valence-corrected chi connectivity index (χ3v) is 3.44. The van der Waals surface area contributed by atoms with Crippen molar-refractivity contribution in [3.05, 3.63) is 53.6 Å². The molecular weight excluding hydrogens is 304 g/mol. The lowest BCUT2D eigenvalue weighted by Crippen LogP contribution is -2.07. The number of nitrogens with zero attached hydrogens (tertiary/aromatic N) is 1. The SMILES string of the molecule is Nc1c(-c2ccc(Cl)cc2)nc2ccccc2c1OC(=O)O. The largest absolute Gasteiger partial charge is 0.511 e. The summed E-state index contributed by atoms with van der Waals surface area (Å²) in [6.45, 7) is 0. The van der Waals surface area contributed by atoms with E-state index in [1.165, 1.54) is 0 Å². The molecule has 1 aromatic heterocycles. The van der Waals surface area contributed by atoms with Crippen LogP contribution in [0.25, 0.3) is 22.2 Å². The van der Waals surface area contributed by atoms with E-state index in [9.17, 15) is 4.79 Å². The highest BCUT2D eigenvalue weighted by molar-refractivity contribution is 6.30. The number of halogens is 1. The first kappa shape index (κ1) is 14.2. The van der Waals surface area contributed by atoms with Crippen LogP contribution in [0.15, 0.2) is 48.5 Å². The van der Waals surface area contributed by atoms with Crippen LogP contribution in [0.5, 0.6) is 5.75 Å². The lowest BCUT2D eigenvalue weighted by atomic mass is 10.1. The van der Waals surface area contributed by atoms with Crippen molar-refractivity contribution in [2.75, 3.05) is 5.73 Å². The number of anilines is 1. The van der Waals surface area contributed by atoms with Crippen LogP contribution in [0, 0.1) is 0 Å². The molecule has 0 bridgehead atoms. The molecule has 0 radical (unpaired) electrons. The molecule has 3 aromatic rings. The van der Waals surface area contributed by atoms with Gasteiger partial charge < -0.3 is 15.6 Å². The quantitative estimate of drug-likeness (QED) is 0.692. The smallest absolute Gasteiger partial charge is 0.449 e. The molecule has 0 unspecified atom stereocenters. The highest BCUT2D eigenvalue weighted by Gasteiger charge is 2.17. The Morgan fingerprint density at radius 2 is 1.82 bits per heavy atom. The van der Waals surface area contributed by atoms with Gasteiger partial charge in [-0.1, -0.05) is 35.9 Å². The number of carboxylic acid groups (broad SMARTS) is 1. The molecule has 0 spiro atoms. The Bertz CT molecular complexity index is 863. The van der Waals surface area contributed by atoms with Crippen molar-refractivity contribution in [3.8, 4) is 17.0 Å². The van der Waals surface area contributed by atoms with E-state index in [0.29, 0.717) is 21.6 Å². The normalized spacial score (nSPS) is 10.6. The molecule has 6 heteroatoms. The van der Waals surface area contributed by atoms with E-state index in [1.54, 1.807) is 42.5 Å². The second kappa shape index (κ2) is 5.54. The maximum Gasteiger partial charge on any atom is 0.511 e. The van der Waals surface area contributed by atoms with E-state index in [-0.39, 0.29) is 11.4 Å². The number of nitrogens with two attached hydrogens (primary N) is 1. The van der Waals surface area contributed by atoms with Crippen molar-refractivity contribution in [2.24, 2.45) is 0 Å². The molecule has 3 rings (SSSR count). The van der Waals surface area contributed by atoms with Gasteiger partial charge in [0.25, 0.3) is 0 Å². The minimum absolute atomic E-state index is 0.0862. The summed E-state index contributed by atoms with van der Waals surface area (Å²) >= 11 is 5.88. The van der Waals surface area contributed by atoms with Crippen molar-refractivity contribution < 1.29 is 14.6 Å². The zero-order chi connectivity index (χ0) is 15.7. The van der Waals surface area contributed by atoms with Crippen molar-refractivity contribution in [1.29, 1.82) is 0 Å². The highest BCUT2D eigenvalue weighted by atomic mass is 35.5. The summed E-state index contributed by atoms with van der Waals surface area (Å²) in [4.78, 5) is 15.4. The average Bonchev–Trinajstić information content (AvgIpc) is 2.50. The third-order valence-electron chi connectivity index (χ3n) is 3.19. The summed E-state index contributed by atoms with van der Waals surface area (Å²) in [5.74, 6) is 0.0862. The number of ether oxygens (including phenoxy) is 1. The van der Waals surface area contributed by atoms with E-state index in [2.05, 4.69) is 4.98 Å². The van der Waals surface area contributed by atoms with Gasteiger partial charge in [-0.15, -0.1) is 0 Å². The van der Waals surface area contributed by atoms with Crippen molar-refractivity contribution in [1.82, 2.24) is 4.98 Å². The fourth-order valence-electron chi connectivity index (χ4n) is 2.22. The van der Waals surface area contributed by atoms with Crippen molar-refractivity contribution in [2.45, 2.75) is 0 Å². The maximum absolute atomic E-state index is 10.9. The predicted molar refractivity (Wildman–Crippen MR) is 85.3 cm³/mol. The number of hydrogen-bond acceptors (Lipinski definition) is 4. The summed E-state index contributed by atoms with van der Waals surface area (Å²) in [5, 5.41) is 10.1. The maximum atomic E-state index is 10.9. The van der Waals surface area contributed by atoms with Gasteiger partial charge in [0.1, 0.15) is 5.69 Å². The Morgan fingerprint density at radius 1 is 1.14 bits per heavy atom. The van der Waals surface area contributed by atoms with Crippen LogP contribution in [0.4, 0.5) is 10.5 Å². The van der Waals surface area contributed by atoms with Gasteiger partial charge >= 0.3 is 6.16 Å². The standard InChI is InChI=1S/C16H11ClN2O3/c17-10-7-5-9(6-8-10)14-13(18)15(22-16(20)21)11-3-1-2-4-12(11)19-14/h1-8H,18H2,(H,20,21). The van der Waals surface area contributed by atoms with E-state index in [1.807, 2.05) is 6.07 Å². The van der Waals surface area contributed by atoms with Crippen LogP contribution in [-0.2, 0) is 0 Å². The van der Waals surface area contributed by atoms with Gasteiger partial charge in [-0.2, -0.15) is 0 Å². The van der Waals surface area contributed by atoms with Gasteiger partial charge in [0.05, 0.1) is 11.2 Å². The number of benzene rings is 2. The molecular formula is C16H11ClN2O3. The van der Waals surface area contributed by atoms with Gasteiger partial charge in [-0.25, -0.2) is 9.78 Å². The molecule has 0 saturated carbocycles. The number of hydrogen-bond donors (Lipinski definition) is 2. The lowest BCUT2D eigenvalue weighted by molar-refractivity contribution is 0.145. The Balaban J connectivity index is 2.29. The van der Waals surface area contributed by atoms with Crippen LogP contribution in [0.2, 0.25) is 5.02 Å². The van der Waals surface area contributed by atoms with Gasteiger partial charge in [0.2, 0.25) is 0 Å². The fraction of sp³-hybridized carbons (Fsp3) is 0. The zero-order valence-electron chi connectivity index (χ0n) is 11.3. The molecule has 0 aliphatic heterocycles. The number of fused-ring (bicyclic) bond motifs is 1. The Hall–Kier alpha value is -2.79.